The maximum atomic E-state index is 4.51. The Kier molecular flexibility index (Phi) is 4.25. The number of anilines is 1. The van der Waals surface area contributed by atoms with Gasteiger partial charge in [-0.15, -0.1) is 11.3 Å². The Bertz CT molecular complexity index is 501. The highest BCUT2D eigenvalue weighted by Gasteiger charge is 2.03. The molecule has 0 fully saturated rings. The molecule has 0 spiro atoms. The molecule has 18 heavy (non-hydrogen) atoms. The molecule has 0 aliphatic rings. The minimum atomic E-state index is 0.627. The van der Waals surface area contributed by atoms with Crippen molar-refractivity contribution in [1.82, 2.24) is 15.0 Å². The highest BCUT2D eigenvalue weighted by Crippen LogP contribution is 2.17. The average Bonchev–Trinajstić information content (AvgIpc) is 2.74. The Labute approximate surface area is 112 Å². The number of aromatic nitrogens is 3. The number of thiazole rings is 1. The molecule has 0 unspecified atom stereocenters. The summed E-state index contributed by atoms with van der Waals surface area (Å²) in [5, 5.41) is 6.33. The van der Waals surface area contributed by atoms with Crippen LogP contribution in [0.25, 0.3) is 0 Å². The molecule has 0 amide bonds. The lowest BCUT2D eigenvalue weighted by molar-refractivity contribution is 0.882. The summed E-state index contributed by atoms with van der Waals surface area (Å²) in [6, 6.07) is 1.98. The van der Waals surface area contributed by atoms with Crippen LogP contribution in [-0.2, 0) is 13.0 Å². The zero-order valence-corrected chi connectivity index (χ0v) is 11.8. The van der Waals surface area contributed by atoms with E-state index in [0.717, 1.165) is 40.9 Å². The molecule has 0 aliphatic carbocycles. The Morgan fingerprint density at radius 2 is 1.89 bits per heavy atom. The van der Waals surface area contributed by atoms with Gasteiger partial charge in [0.25, 0.3) is 0 Å². The smallest absolute Gasteiger partial charge is 0.183 e. The van der Waals surface area contributed by atoms with Gasteiger partial charge >= 0.3 is 0 Å². The molecule has 0 aliphatic heterocycles. The van der Waals surface area contributed by atoms with Gasteiger partial charge in [-0.25, -0.2) is 15.0 Å². The highest BCUT2D eigenvalue weighted by molar-refractivity contribution is 7.13. The summed E-state index contributed by atoms with van der Waals surface area (Å²) in [4.78, 5) is 13.3. The molecule has 1 N–H and O–H groups in total. The van der Waals surface area contributed by atoms with Crippen molar-refractivity contribution in [2.45, 2.75) is 40.2 Å². The van der Waals surface area contributed by atoms with Crippen LogP contribution in [-0.4, -0.2) is 15.0 Å². The van der Waals surface area contributed by atoms with Crippen molar-refractivity contribution in [3.8, 4) is 0 Å². The largest absolute Gasteiger partial charge is 0.354 e. The first-order valence-electron chi connectivity index (χ1n) is 6.17. The third-order valence-corrected chi connectivity index (χ3v) is 3.33. The first-order valence-corrected chi connectivity index (χ1v) is 7.04. The van der Waals surface area contributed by atoms with E-state index in [1.54, 1.807) is 11.3 Å². The first kappa shape index (κ1) is 13.0. The van der Waals surface area contributed by atoms with Crippen molar-refractivity contribution in [2.24, 2.45) is 0 Å². The van der Waals surface area contributed by atoms with Crippen LogP contribution in [0.4, 0.5) is 5.13 Å². The SMILES string of the molecule is CCCc1csc(NCc2nc(C)cc(C)n2)n1. The van der Waals surface area contributed by atoms with E-state index in [4.69, 9.17) is 0 Å². The molecule has 4 nitrogen and oxygen atoms in total. The predicted octanol–water partition coefficient (Wildman–Crippen LogP) is 3.11. The molecule has 5 heteroatoms. The van der Waals surface area contributed by atoms with Gasteiger partial charge in [-0.3, -0.25) is 0 Å². The van der Waals surface area contributed by atoms with Gasteiger partial charge in [-0.05, 0) is 26.3 Å². The van der Waals surface area contributed by atoms with Gasteiger partial charge in [0.05, 0.1) is 12.2 Å². The molecule has 2 rings (SSSR count). The number of aryl methyl sites for hydroxylation is 3. The second kappa shape index (κ2) is 5.91. The summed E-state index contributed by atoms with van der Waals surface area (Å²) in [6.45, 7) is 6.76. The van der Waals surface area contributed by atoms with E-state index in [2.05, 4.69) is 32.6 Å². The topological polar surface area (TPSA) is 50.7 Å². The van der Waals surface area contributed by atoms with Crippen molar-refractivity contribution in [3.05, 3.63) is 34.4 Å². The third-order valence-electron chi connectivity index (χ3n) is 2.48. The van der Waals surface area contributed by atoms with E-state index >= 15 is 0 Å². The number of hydrogen-bond acceptors (Lipinski definition) is 5. The summed E-state index contributed by atoms with van der Waals surface area (Å²) < 4.78 is 0. The molecule has 0 saturated heterocycles. The lowest BCUT2D eigenvalue weighted by atomic mass is 10.3. The molecule has 2 aromatic heterocycles. The normalized spacial score (nSPS) is 10.6. The fraction of sp³-hybridized carbons (Fsp3) is 0.462. The van der Waals surface area contributed by atoms with Crippen LogP contribution < -0.4 is 5.32 Å². The summed E-state index contributed by atoms with van der Waals surface area (Å²) >= 11 is 1.64. The number of nitrogens with zero attached hydrogens (tertiary/aromatic N) is 3. The van der Waals surface area contributed by atoms with Gasteiger partial charge in [-0.2, -0.15) is 0 Å². The standard InChI is InChI=1S/C13H18N4S/c1-4-5-11-8-18-13(17-11)14-7-12-15-9(2)6-10(3)16-12/h6,8H,4-5,7H2,1-3H3,(H,14,17). The average molecular weight is 262 g/mol. The summed E-state index contributed by atoms with van der Waals surface area (Å²) in [5.74, 6) is 0.819. The molecule has 0 aromatic carbocycles. The second-order valence-corrected chi connectivity index (χ2v) is 5.17. The summed E-state index contributed by atoms with van der Waals surface area (Å²) in [7, 11) is 0. The van der Waals surface area contributed by atoms with E-state index in [1.807, 2.05) is 19.9 Å². The van der Waals surface area contributed by atoms with Gasteiger partial charge in [0.15, 0.2) is 5.13 Å². The van der Waals surface area contributed by atoms with E-state index in [0.29, 0.717) is 6.54 Å². The minimum absolute atomic E-state index is 0.627. The zero-order chi connectivity index (χ0) is 13.0. The number of nitrogens with one attached hydrogen (secondary N) is 1. The summed E-state index contributed by atoms with van der Waals surface area (Å²) in [6.07, 6.45) is 2.17. The zero-order valence-electron chi connectivity index (χ0n) is 11.0. The third kappa shape index (κ3) is 3.50. The molecule has 2 heterocycles. The molecule has 96 valence electrons. The monoisotopic (exact) mass is 262 g/mol. The van der Waals surface area contributed by atoms with Gasteiger partial charge in [0.1, 0.15) is 5.82 Å². The maximum absolute atomic E-state index is 4.51. The van der Waals surface area contributed by atoms with Gasteiger partial charge in [-0.1, -0.05) is 13.3 Å². The van der Waals surface area contributed by atoms with E-state index in [-0.39, 0.29) is 0 Å². The first-order chi connectivity index (χ1) is 8.67. The van der Waals surface area contributed by atoms with Crippen molar-refractivity contribution in [3.63, 3.8) is 0 Å². The Hall–Kier alpha value is -1.49. The Morgan fingerprint density at radius 1 is 1.17 bits per heavy atom. The fourth-order valence-electron chi connectivity index (χ4n) is 1.79. The molecular formula is C13H18N4S. The van der Waals surface area contributed by atoms with Gasteiger partial charge in [0.2, 0.25) is 0 Å². The quantitative estimate of drug-likeness (QED) is 0.899. The number of hydrogen-bond donors (Lipinski definition) is 1. The Balaban J connectivity index is 1.97. The number of rotatable bonds is 5. The van der Waals surface area contributed by atoms with Crippen LogP contribution >= 0.6 is 11.3 Å². The van der Waals surface area contributed by atoms with Gasteiger partial charge < -0.3 is 5.32 Å². The predicted molar refractivity (Wildman–Crippen MR) is 74.9 cm³/mol. The highest BCUT2D eigenvalue weighted by atomic mass is 32.1. The second-order valence-electron chi connectivity index (χ2n) is 4.31. The van der Waals surface area contributed by atoms with Crippen LogP contribution in [0.1, 0.15) is 36.3 Å². The van der Waals surface area contributed by atoms with Crippen molar-refractivity contribution >= 4 is 16.5 Å². The molecular weight excluding hydrogens is 244 g/mol. The van der Waals surface area contributed by atoms with Crippen LogP contribution in [0.3, 0.4) is 0 Å². The molecule has 0 saturated carbocycles. The minimum Gasteiger partial charge on any atom is -0.354 e. The van der Waals surface area contributed by atoms with Crippen molar-refractivity contribution < 1.29 is 0 Å². The van der Waals surface area contributed by atoms with Crippen molar-refractivity contribution in [1.29, 1.82) is 0 Å². The van der Waals surface area contributed by atoms with Crippen molar-refractivity contribution in [2.75, 3.05) is 5.32 Å². The summed E-state index contributed by atoms with van der Waals surface area (Å²) in [5.41, 5.74) is 3.17. The lowest BCUT2D eigenvalue weighted by Crippen LogP contribution is -2.06. The van der Waals surface area contributed by atoms with E-state index in [9.17, 15) is 0 Å². The molecule has 0 bridgehead atoms. The molecule has 0 atom stereocenters. The molecule has 2 aromatic rings. The van der Waals surface area contributed by atoms with Gasteiger partial charge in [0, 0.05) is 16.8 Å². The Morgan fingerprint density at radius 3 is 2.56 bits per heavy atom. The van der Waals surface area contributed by atoms with Crippen LogP contribution in [0.5, 0.6) is 0 Å². The van der Waals surface area contributed by atoms with Crippen LogP contribution in [0.2, 0.25) is 0 Å². The van der Waals surface area contributed by atoms with E-state index < -0.39 is 0 Å². The van der Waals surface area contributed by atoms with Crippen LogP contribution in [0.15, 0.2) is 11.4 Å². The lowest BCUT2D eigenvalue weighted by Gasteiger charge is -2.03. The van der Waals surface area contributed by atoms with E-state index in [1.165, 1.54) is 0 Å². The molecule has 0 radical (unpaired) electrons. The maximum Gasteiger partial charge on any atom is 0.183 e. The van der Waals surface area contributed by atoms with Crippen LogP contribution in [0, 0.1) is 13.8 Å². The fourth-order valence-corrected chi connectivity index (χ4v) is 2.54.